The van der Waals surface area contributed by atoms with Crippen molar-refractivity contribution in [2.24, 2.45) is 0 Å². The summed E-state index contributed by atoms with van der Waals surface area (Å²) in [4.78, 5) is 11.3. The highest BCUT2D eigenvalue weighted by molar-refractivity contribution is 5.94. The first-order chi connectivity index (χ1) is 8.54. The average molecular weight is 248 g/mol. The minimum Gasteiger partial charge on any atom is -0.490 e. The summed E-state index contributed by atoms with van der Waals surface area (Å²) in [5.41, 5.74) is 0.695. The van der Waals surface area contributed by atoms with Gasteiger partial charge in [0.1, 0.15) is 11.9 Å². The predicted molar refractivity (Wildman–Crippen MR) is 70.1 cm³/mol. The van der Waals surface area contributed by atoms with E-state index in [1.165, 1.54) is 0 Å². The number of carbonyl (C=O) groups excluding carboxylic acids is 1. The maximum Gasteiger partial charge on any atom is 0.159 e. The molecule has 0 bridgehead atoms. The second kappa shape index (κ2) is 5.53. The van der Waals surface area contributed by atoms with Gasteiger partial charge in [-0.2, -0.15) is 0 Å². The molecule has 0 amide bonds. The fourth-order valence-electron chi connectivity index (χ4n) is 2.42. The molecule has 98 valence electrons. The van der Waals surface area contributed by atoms with Crippen LogP contribution in [0.1, 0.15) is 44.0 Å². The molecule has 3 heteroatoms. The number of Topliss-reactive ketones (excluding diaryl/α,β-unsaturated/α-hetero) is 1. The Hall–Kier alpha value is -1.35. The summed E-state index contributed by atoms with van der Waals surface area (Å²) in [7, 11) is 0. The third-order valence-electron chi connectivity index (χ3n) is 3.20. The smallest absolute Gasteiger partial charge is 0.159 e. The van der Waals surface area contributed by atoms with Gasteiger partial charge in [-0.15, -0.1) is 0 Å². The Morgan fingerprint density at radius 1 is 1.28 bits per heavy atom. The van der Waals surface area contributed by atoms with Gasteiger partial charge in [-0.05, 0) is 32.9 Å². The predicted octanol–water partition coefficient (Wildman–Crippen LogP) is 3.22. The van der Waals surface area contributed by atoms with Crippen molar-refractivity contribution in [3.63, 3.8) is 0 Å². The molecule has 1 saturated heterocycles. The monoisotopic (exact) mass is 248 g/mol. The number of ether oxygens (including phenoxy) is 2. The van der Waals surface area contributed by atoms with Crippen LogP contribution >= 0.6 is 0 Å². The molecule has 1 aromatic carbocycles. The molecule has 0 N–H and O–H groups in total. The third-order valence-corrected chi connectivity index (χ3v) is 3.20. The van der Waals surface area contributed by atoms with Crippen LogP contribution in [0.2, 0.25) is 0 Å². The van der Waals surface area contributed by atoms with Gasteiger partial charge in [0, 0.05) is 18.4 Å². The second-order valence-electron chi connectivity index (χ2n) is 5.05. The van der Waals surface area contributed by atoms with E-state index in [9.17, 15) is 4.79 Å². The van der Waals surface area contributed by atoms with Gasteiger partial charge >= 0.3 is 0 Å². The van der Waals surface area contributed by atoms with E-state index >= 15 is 0 Å². The van der Waals surface area contributed by atoms with Crippen LogP contribution in [0.3, 0.4) is 0 Å². The second-order valence-corrected chi connectivity index (χ2v) is 5.05. The quantitative estimate of drug-likeness (QED) is 0.770. The van der Waals surface area contributed by atoms with Crippen molar-refractivity contribution in [1.29, 1.82) is 0 Å². The van der Waals surface area contributed by atoms with Gasteiger partial charge in [-0.25, -0.2) is 0 Å². The standard InChI is InChI=1S/C15H20O3/c1-10-7-15(8-11(2)17-10)18-14-6-4-5-13(9-14)12(3)16/h4-6,9-11,15H,7-8H2,1-3H3. The minimum absolute atomic E-state index is 0.0640. The van der Waals surface area contributed by atoms with E-state index in [0.717, 1.165) is 18.6 Å². The Bertz CT molecular complexity index is 418. The Balaban J connectivity index is 2.04. The van der Waals surface area contributed by atoms with E-state index in [0.29, 0.717) is 5.56 Å². The molecule has 0 aliphatic carbocycles. The Morgan fingerprint density at radius 3 is 2.56 bits per heavy atom. The molecule has 18 heavy (non-hydrogen) atoms. The maximum absolute atomic E-state index is 11.3. The number of benzene rings is 1. The highest BCUT2D eigenvalue weighted by atomic mass is 16.5. The van der Waals surface area contributed by atoms with Crippen LogP contribution in [-0.2, 0) is 4.74 Å². The van der Waals surface area contributed by atoms with Crippen LogP contribution in [0, 0.1) is 0 Å². The normalized spacial score (nSPS) is 27.8. The molecule has 1 heterocycles. The summed E-state index contributed by atoms with van der Waals surface area (Å²) < 4.78 is 11.6. The minimum atomic E-state index is 0.0640. The van der Waals surface area contributed by atoms with E-state index in [-0.39, 0.29) is 24.1 Å². The fraction of sp³-hybridized carbons (Fsp3) is 0.533. The fourth-order valence-corrected chi connectivity index (χ4v) is 2.42. The van der Waals surface area contributed by atoms with Crippen molar-refractivity contribution in [1.82, 2.24) is 0 Å². The summed E-state index contributed by atoms with van der Waals surface area (Å²) >= 11 is 0. The van der Waals surface area contributed by atoms with Gasteiger partial charge in [0.25, 0.3) is 0 Å². The molecule has 0 aromatic heterocycles. The first kappa shape index (κ1) is 13.1. The van der Waals surface area contributed by atoms with Gasteiger partial charge in [0.2, 0.25) is 0 Å². The first-order valence-corrected chi connectivity index (χ1v) is 6.47. The Morgan fingerprint density at radius 2 is 1.94 bits per heavy atom. The zero-order valence-corrected chi connectivity index (χ0v) is 11.2. The van der Waals surface area contributed by atoms with Gasteiger partial charge < -0.3 is 9.47 Å². The molecular weight excluding hydrogens is 228 g/mol. The zero-order valence-electron chi connectivity index (χ0n) is 11.2. The molecule has 1 aliphatic rings. The summed E-state index contributed by atoms with van der Waals surface area (Å²) in [6.45, 7) is 5.70. The molecule has 1 aromatic rings. The average Bonchev–Trinajstić information content (AvgIpc) is 2.27. The van der Waals surface area contributed by atoms with Crippen LogP contribution in [0.4, 0.5) is 0 Å². The zero-order chi connectivity index (χ0) is 13.1. The summed E-state index contributed by atoms with van der Waals surface area (Å²) in [5, 5.41) is 0. The number of hydrogen-bond acceptors (Lipinski definition) is 3. The molecule has 0 radical (unpaired) electrons. The van der Waals surface area contributed by atoms with Crippen molar-refractivity contribution >= 4 is 5.78 Å². The van der Waals surface area contributed by atoms with Crippen LogP contribution in [0.5, 0.6) is 5.75 Å². The summed E-state index contributed by atoms with van der Waals surface area (Å²) in [5.74, 6) is 0.836. The molecule has 3 nitrogen and oxygen atoms in total. The molecule has 2 unspecified atom stereocenters. The van der Waals surface area contributed by atoms with Crippen molar-refractivity contribution < 1.29 is 14.3 Å². The number of rotatable bonds is 3. The van der Waals surface area contributed by atoms with E-state index in [2.05, 4.69) is 13.8 Å². The molecular formula is C15H20O3. The molecule has 1 aliphatic heterocycles. The Kier molecular flexibility index (Phi) is 4.02. The lowest BCUT2D eigenvalue weighted by Crippen LogP contribution is -2.35. The van der Waals surface area contributed by atoms with E-state index in [1.54, 1.807) is 6.92 Å². The van der Waals surface area contributed by atoms with Crippen molar-refractivity contribution in [2.75, 3.05) is 0 Å². The number of carbonyl (C=O) groups is 1. The molecule has 1 fully saturated rings. The summed E-state index contributed by atoms with van der Waals surface area (Å²) in [6, 6.07) is 7.38. The molecule has 0 spiro atoms. The first-order valence-electron chi connectivity index (χ1n) is 6.47. The largest absolute Gasteiger partial charge is 0.490 e. The molecule has 2 rings (SSSR count). The van der Waals surface area contributed by atoms with Crippen molar-refractivity contribution in [2.45, 2.75) is 51.9 Å². The highest BCUT2D eigenvalue weighted by Crippen LogP contribution is 2.24. The van der Waals surface area contributed by atoms with E-state index in [4.69, 9.17) is 9.47 Å². The SMILES string of the molecule is CC(=O)c1cccc(OC2CC(C)OC(C)C2)c1. The Labute approximate surface area is 108 Å². The van der Waals surface area contributed by atoms with Crippen LogP contribution in [0.25, 0.3) is 0 Å². The van der Waals surface area contributed by atoms with Crippen molar-refractivity contribution in [3.05, 3.63) is 29.8 Å². The van der Waals surface area contributed by atoms with Gasteiger partial charge in [0.15, 0.2) is 5.78 Å². The van der Waals surface area contributed by atoms with Crippen molar-refractivity contribution in [3.8, 4) is 5.75 Å². The lowest BCUT2D eigenvalue weighted by atomic mass is 10.0. The lowest BCUT2D eigenvalue weighted by molar-refractivity contribution is -0.0721. The topological polar surface area (TPSA) is 35.5 Å². The third kappa shape index (κ3) is 3.33. The van der Waals surface area contributed by atoms with Crippen LogP contribution < -0.4 is 4.74 Å². The van der Waals surface area contributed by atoms with Crippen LogP contribution in [-0.4, -0.2) is 24.1 Å². The lowest BCUT2D eigenvalue weighted by Gasteiger charge is -2.32. The molecule has 2 atom stereocenters. The summed E-state index contributed by atoms with van der Waals surface area (Å²) in [6.07, 6.45) is 2.43. The van der Waals surface area contributed by atoms with Gasteiger partial charge in [0.05, 0.1) is 12.2 Å². The van der Waals surface area contributed by atoms with Crippen LogP contribution in [0.15, 0.2) is 24.3 Å². The van der Waals surface area contributed by atoms with E-state index < -0.39 is 0 Å². The van der Waals surface area contributed by atoms with E-state index in [1.807, 2.05) is 24.3 Å². The number of hydrogen-bond donors (Lipinski definition) is 0. The highest BCUT2D eigenvalue weighted by Gasteiger charge is 2.25. The molecule has 0 saturated carbocycles. The maximum atomic E-state index is 11.3. The van der Waals surface area contributed by atoms with Gasteiger partial charge in [-0.3, -0.25) is 4.79 Å². The number of ketones is 1. The van der Waals surface area contributed by atoms with Gasteiger partial charge in [-0.1, -0.05) is 12.1 Å².